The number of hydrogen-bond donors (Lipinski definition) is 0. The van der Waals surface area contributed by atoms with Crippen molar-refractivity contribution < 1.29 is 47.2 Å². The van der Waals surface area contributed by atoms with E-state index in [2.05, 4.69) is 19.7 Å². The topological polar surface area (TPSA) is 110 Å². The number of esters is 3. The van der Waals surface area contributed by atoms with Crippen LogP contribution in [0.2, 0.25) is 0 Å². The van der Waals surface area contributed by atoms with Crippen molar-refractivity contribution >= 4 is 17.9 Å². The molecule has 46 heavy (non-hydrogen) atoms. The van der Waals surface area contributed by atoms with Crippen LogP contribution in [0.1, 0.15) is 26.3 Å². The summed E-state index contributed by atoms with van der Waals surface area (Å²) < 4.78 is 47.9. The molecule has 9 nitrogen and oxygen atoms in total. The zero-order valence-electron chi connectivity index (χ0n) is 26.0. The fourth-order valence-electron chi connectivity index (χ4n) is 4.16. The minimum Gasteiger partial charge on any atom is -0.487 e. The first kappa shape index (κ1) is 33.8. The largest absolute Gasteiger partial charge is 0.487 e. The normalized spacial score (nSPS) is 15.0. The average Bonchev–Trinajstić information content (AvgIpc) is 3.82. The SMILES string of the molecule is C=C(C)C(=O)OCCOc1ccc(-c2cc(-c3ccc(OC(=O)C(=C)C)cc3)cc(C3(OCCOC(=O)C(=C)C)CO3)c2)cc1F. The highest BCUT2D eigenvalue weighted by molar-refractivity contribution is 5.89. The minimum atomic E-state index is -1.08. The van der Waals surface area contributed by atoms with Gasteiger partial charge in [-0.15, -0.1) is 0 Å². The van der Waals surface area contributed by atoms with Crippen LogP contribution in [0.25, 0.3) is 22.3 Å². The number of epoxide rings is 1. The number of hydrogen-bond acceptors (Lipinski definition) is 9. The first-order valence-corrected chi connectivity index (χ1v) is 14.4. The summed E-state index contributed by atoms with van der Waals surface area (Å²) in [6.45, 7) is 15.6. The lowest BCUT2D eigenvalue weighted by Gasteiger charge is -2.18. The lowest BCUT2D eigenvalue weighted by atomic mass is 9.94. The summed E-state index contributed by atoms with van der Waals surface area (Å²) in [5.41, 5.74) is 4.26. The van der Waals surface area contributed by atoms with Crippen molar-refractivity contribution in [2.45, 2.75) is 26.6 Å². The molecule has 240 valence electrons. The minimum absolute atomic E-state index is 0.000960. The number of carbonyl (C=O) groups excluding carboxylic acids is 3. The summed E-state index contributed by atoms with van der Waals surface area (Å²) in [5, 5.41) is 0. The molecule has 0 aliphatic carbocycles. The molecule has 0 aromatic heterocycles. The van der Waals surface area contributed by atoms with E-state index < -0.39 is 29.5 Å². The molecule has 1 aliphatic rings. The molecule has 3 aromatic rings. The van der Waals surface area contributed by atoms with Gasteiger partial charge in [0.1, 0.15) is 32.2 Å². The summed E-state index contributed by atoms with van der Waals surface area (Å²) in [6, 6.07) is 17.1. The van der Waals surface area contributed by atoms with Gasteiger partial charge in [0.2, 0.25) is 5.79 Å². The van der Waals surface area contributed by atoms with Crippen LogP contribution >= 0.6 is 0 Å². The monoisotopic (exact) mass is 630 g/mol. The van der Waals surface area contributed by atoms with Crippen LogP contribution in [-0.2, 0) is 39.1 Å². The van der Waals surface area contributed by atoms with E-state index in [1.165, 1.54) is 19.1 Å². The van der Waals surface area contributed by atoms with Crippen molar-refractivity contribution in [1.82, 2.24) is 0 Å². The molecule has 0 saturated carbocycles. The quantitative estimate of drug-likeness (QED) is 0.0615. The molecule has 0 bridgehead atoms. The Morgan fingerprint density at radius 2 is 1.26 bits per heavy atom. The number of rotatable bonds is 15. The molecule has 1 fully saturated rings. The lowest BCUT2D eigenvalue weighted by molar-refractivity contribution is -0.143. The van der Waals surface area contributed by atoms with Crippen LogP contribution in [0, 0.1) is 5.82 Å². The third-order valence-electron chi connectivity index (χ3n) is 6.71. The van der Waals surface area contributed by atoms with Crippen LogP contribution in [-0.4, -0.2) is 50.9 Å². The fourth-order valence-corrected chi connectivity index (χ4v) is 4.16. The van der Waals surface area contributed by atoms with E-state index in [4.69, 9.17) is 28.4 Å². The van der Waals surface area contributed by atoms with E-state index in [1.54, 1.807) is 44.2 Å². The Hall–Kier alpha value is -5.06. The molecule has 1 atom stereocenters. The van der Waals surface area contributed by atoms with Gasteiger partial charge in [0.05, 0.1) is 6.61 Å². The maximum Gasteiger partial charge on any atom is 0.338 e. The molecular formula is C36H35FO9. The average molecular weight is 631 g/mol. The van der Waals surface area contributed by atoms with Crippen molar-refractivity contribution in [3.8, 4) is 33.8 Å². The van der Waals surface area contributed by atoms with Crippen LogP contribution in [0.15, 0.2) is 97.1 Å². The third-order valence-corrected chi connectivity index (χ3v) is 6.71. The van der Waals surface area contributed by atoms with Crippen molar-refractivity contribution in [1.29, 1.82) is 0 Å². The molecule has 1 saturated heterocycles. The highest BCUT2D eigenvalue weighted by Gasteiger charge is 2.48. The molecular weight excluding hydrogens is 595 g/mol. The second-order valence-corrected chi connectivity index (χ2v) is 10.7. The van der Waals surface area contributed by atoms with E-state index in [9.17, 15) is 14.4 Å². The number of benzene rings is 3. The third kappa shape index (κ3) is 8.77. The molecule has 4 rings (SSSR count). The molecule has 0 amide bonds. The fraction of sp³-hybridized carbons (Fsp3) is 0.250. The van der Waals surface area contributed by atoms with E-state index >= 15 is 4.39 Å². The molecule has 3 aromatic carbocycles. The van der Waals surface area contributed by atoms with E-state index in [-0.39, 0.29) is 55.5 Å². The Kier molecular flexibility index (Phi) is 10.9. The number of carbonyl (C=O) groups is 3. The standard InChI is InChI=1S/C36H35FO9/c1-22(2)33(38)42-14-13-41-32-12-9-26(20-31(32)37)28-17-27(25-7-10-30(11-8-25)46-35(40)24(5)6)18-29(19-28)36(21-45-36)44-16-15-43-34(39)23(3)4/h7-12,17-20H,1,3,5,13-16,21H2,2,4,6H3. The van der Waals surface area contributed by atoms with Gasteiger partial charge in [-0.1, -0.05) is 37.9 Å². The van der Waals surface area contributed by atoms with Gasteiger partial charge in [-0.3, -0.25) is 0 Å². The maximum absolute atomic E-state index is 15.2. The molecule has 1 heterocycles. The molecule has 10 heteroatoms. The Morgan fingerprint density at radius 1 is 0.717 bits per heavy atom. The van der Waals surface area contributed by atoms with Gasteiger partial charge in [-0.2, -0.15) is 0 Å². The molecule has 1 unspecified atom stereocenters. The highest BCUT2D eigenvalue weighted by atomic mass is 19.1. The van der Waals surface area contributed by atoms with E-state index in [0.717, 1.165) is 11.1 Å². The predicted molar refractivity (Wildman–Crippen MR) is 168 cm³/mol. The van der Waals surface area contributed by atoms with Gasteiger partial charge >= 0.3 is 17.9 Å². The molecule has 1 aliphatic heterocycles. The van der Waals surface area contributed by atoms with E-state index in [1.807, 2.05) is 18.2 Å². The number of ether oxygens (including phenoxy) is 6. The van der Waals surface area contributed by atoms with Crippen LogP contribution < -0.4 is 9.47 Å². The zero-order chi connectivity index (χ0) is 33.4. The lowest BCUT2D eigenvalue weighted by Crippen LogP contribution is -2.19. The van der Waals surface area contributed by atoms with Gasteiger partial charge in [0.25, 0.3) is 0 Å². The summed E-state index contributed by atoms with van der Waals surface area (Å²) in [7, 11) is 0. The maximum atomic E-state index is 15.2. The summed E-state index contributed by atoms with van der Waals surface area (Å²) in [5.74, 6) is -2.92. The van der Waals surface area contributed by atoms with Gasteiger partial charge in [0, 0.05) is 22.3 Å². The first-order chi connectivity index (χ1) is 21.9. The van der Waals surface area contributed by atoms with Gasteiger partial charge in [-0.05, 0) is 85.5 Å². The highest BCUT2D eigenvalue weighted by Crippen LogP contribution is 2.43. The van der Waals surface area contributed by atoms with Gasteiger partial charge < -0.3 is 28.4 Å². The van der Waals surface area contributed by atoms with Crippen molar-refractivity contribution in [3.05, 3.63) is 109 Å². The Morgan fingerprint density at radius 3 is 1.80 bits per heavy atom. The Balaban J connectivity index is 1.59. The van der Waals surface area contributed by atoms with Gasteiger partial charge in [0.15, 0.2) is 11.6 Å². The van der Waals surface area contributed by atoms with Crippen molar-refractivity contribution in [2.24, 2.45) is 0 Å². The molecule has 0 spiro atoms. The summed E-state index contributed by atoms with van der Waals surface area (Å²) in [6.07, 6.45) is 0. The first-order valence-electron chi connectivity index (χ1n) is 14.4. The second kappa shape index (κ2) is 14.8. The van der Waals surface area contributed by atoms with E-state index in [0.29, 0.717) is 22.4 Å². The van der Waals surface area contributed by atoms with Gasteiger partial charge in [-0.25, -0.2) is 18.8 Å². The van der Waals surface area contributed by atoms with Crippen molar-refractivity contribution in [3.63, 3.8) is 0 Å². The Labute approximate surface area is 266 Å². The van der Waals surface area contributed by atoms with Crippen LogP contribution in [0.3, 0.4) is 0 Å². The Bertz CT molecular complexity index is 1670. The molecule has 0 radical (unpaired) electrons. The summed E-state index contributed by atoms with van der Waals surface area (Å²) in [4.78, 5) is 35.2. The smallest absolute Gasteiger partial charge is 0.338 e. The van der Waals surface area contributed by atoms with Crippen LogP contribution in [0.4, 0.5) is 4.39 Å². The molecule has 0 N–H and O–H groups in total. The second-order valence-electron chi connectivity index (χ2n) is 10.7. The summed E-state index contributed by atoms with van der Waals surface area (Å²) >= 11 is 0. The van der Waals surface area contributed by atoms with Crippen molar-refractivity contribution in [2.75, 3.05) is 33.0 Å². The number of halogens is 1. The predicted octanol–water partition coefficient (Wildman–Crippen LogP) is 6.46. The zero-order valence-corrected chi connectivity index (χ0v) is 26.0. The van der Waals surface area contributed by atoms with Crippen LogP contribution in [0.5, 0.6) is 11.5 Å².